The minimum absolute atomic E-state index is 0.0139. The van der Waals surface area contributed by atoms with Crippen LogP contribution in [0.4, 0.5) is 0 Å². The van der Waals surface area contributed by atoms with Crippen LogP contribution >= 0.6 is 0 Å². The molecule has 2 unspecified atom stereocenters. The standard InChI is InChI=1S/C21H34N2O/c1-20(2,3)15-11-14(19(24)16(12-15)21(4,5)6)10-13-8-7-9-17(22)18(13)23/h10-12,17-18,24H,7-9,22-23H2,1-6H3/b13-10-. The summed E-state index contributed by atoms with van der Waals surface area (Å²) in [6.45, 7) is 13.0. The monoisotopic (exact) mass is 330 g/mol. The maximum Gasteiger partial charge on any atom is 0.126 e. The number of hydrogen-bond acceptors (Lipinski definition) is 3. The van der Waals surface area contributed by atoms with Crippen molar-refractivity contribution >= 4 is 6.08 Å². The molecule has 2 atom stereocenters. The molecular weight excluding hydrogens is 296 g/mol. The van der Waals surface area contributed by atoms with Gasteiger partial charge in [-0.1, -0.05) is 59.3 Å². The zero-order chi connectivity index (χ0) is 18.3. The van der Waals surface area contributed by atoms with Crippen LogP contribution in [0.15, 0.2) is 17.7 Å². The summed E-state index contributed by atoms with van der Waals surface area (Å²) < 4.78 is 0. The van der Waals surface area contributed by atoms with Crippen molar-refractivity contribution in [2.24, 2.45) is 11.5 Å². The minimum atomic E-state index is -0.121. The first-order chi connectivity index (χ1) is 10.9. The zero-order valence-electron chi connectivity index (χ0n) is 16.1. The topological polar surface area (TPSA) is 72.3 Å². The van der Waals surface area contributed by atoms with Crippen molar-refractivity contribution in [2.45, 2.75) is 83.7 Å². The second-order valence-corrected chi connectivity index (χ2v) is 9.26. The van der Waals surface area contributed by atoms with Gasteiger partial charge in [0, 0.05) is 23.2 Å². The lowest BCUT2D eigenvalue weighted by Crippen LogP contribution is -2.45. The summed E-state index contributed by atoms with van der Waals surface area (Å²) in [6.07, 6.45) is 5.06. The molecule has 134 valence electrons. The largest absolute Gasteiger partial charge is 0.507 e. The number of benzene rings is 1. The Morgan fingerprint density at radius 1 is 1.04 bits per heavy atom. The maximum absolute atomic E-state index is 10.9. The van der Waals surface area contributed by atoms with Crippen LogP contribution in [0.3, 0.4) is 0 Å². The SMILES string of the molecule is CC(C)(C)c1cc(/C=C2/CCCC(N)C2N)c(O)c(C(C)(C)C)c1. The Morgan fingerprint density at radius 3 is 2.21 bits per heavy atom. The predicted octanol–water partition coefficient (Wildman–Crippen LogP) is 4.21. The highest BCUT2D eigenvalue weighted by atomic mass is 16.3. The van der Waals surface area contributed by atoms with Gasteiger partial charge >= 0.3 is 0 Å². The Labute approximate surface area is 147 Å². The van der Waals surface area contributed by atoms with E-state index in [-0.39, 0.29) is 22.9 Å². The van der Waals surface area contributed by atoms with Gasteiger partial charge in [0.15, 0.2) is 0 Å². The highest BCUT2D eigenvalue weighted by Gasteiger charge is 2.26. The maximum atomic E-state index is 10.9. The van der Waals surface area contributed by atoms with Gasteiger partial charge in [-0.25, -0.2) is 0 Å². The lowest BCUT2D eigenvalue weighted by Gasteiger charge is -2.30. The molecule has 1 aliphatic rings. The van der Waals surface area contributed by atoms with Crippen molar-refractivity contribution in [3.63, 3.8) is 0 Å². The van der Waals surface area contributed by atoms with Crippen LogP contribution in [0.25, 0.3) is 6.08 Å². The molecule has 0 heterocycles. The van der Waals surface area contributed by atoms with Gasteiger partial charge in [0.25, 0.3) is 0 Å². The van der Waals surface area contributed by atoms with Crippen LogP contribution in [0.1, 0.15) is 77.5 Å². The molecule has 0 bridgehead atoms. The zero-order valence-corrected chi connectivity index (χ0v) is 16.1. The quantitative estimate of drug-likeness (QED) is 0.722. The average Bonchev–Trinajstić information content (AvgIpc) is 2.43. The summed E-state index contributed by atoms with van der Waals surface area (Å²) in [5.74, 6) is 0.370. The van der Waals surface area contributed by atoms with Crippen LogP contribution in [-0.2, 0) is 10.8 Å². The lowest BCUT2D eigenvalue weighted by molar-refractivity contribution is 0.442. The molecule has 24 heavy (non-hydrogen) atoms. The molecule has 0 aliphatic heterocycles. The van der Waals surface area contributed by atoms with E-state index in [0.29, 0.717) is 5.75 Å². The molecule has 0 amide bonds. The number of rotatable bonds is 1. The smallest absolute Gasteiger partial charge is 0.126 e. The number of nitrogens with two attached hydrogens (primary N) is 2. The molecule has 1 saturated carbocycles. The Bertz CT molecular complexity index is 632. The lowest BCUT2D eigenvalue weighted by atomic mass is 9.78. The van der Waals surface area contributed by atoms with Gasteiger partial charge in [-0.2, -0.15) is 0 Å². The molecule has 0 spiro atoms. The van der Waals surface area contributed by atoms with Gasteiger partial charge in [-0.3, -0.25) is 0 Å². The Morgan fingerprint density at radius 2 is 1.67 bits per heavy atom. The molecule has 1 aliphatic carbocycles. The van der Waals surface area contributed by atoms with Crippen molar-refractivity contribution in [3.8, 4) is 5.75 Å². The van der Waals surface area contributed by atoms with E-state index in [9.17, 15) is 5.11 Å². The third-order valence-corrected chi connectivity index (χ3v) is 5.05. The van der Waals surface area contributed by atoms with E-state index in [4.69, 9.17) is 11.5 Å². The third kappa shape index (κ3) is 4.01. The van der Waals surface area contributed by atoms with Crippen LogP contribution in [0.2, 0.25) is 0 Å². The Kier molecular flexibility index (Phi) is 5.17. The van der Waals surface area contributed by atoms with Gasteiger partial charge in [0.2, 0.25) is 0 Å². The molecule has 2 rings (SSSR count). The molecule has 3 heteroatoms. The van der Waals surface area contributed by atoms with Crippen molar-refractivity contribution < 1.29 is 5.11 Å². The second-order valence-electron chi connectivity index (χ2n) is 9.26. The normalized spacial score (nSPS) is 24.4. The first kappa shape index (κ1) is 19.0. The van der Waals surface area contributed by atoms with Gasteiger partial charge in [-0.05, 0) is 41.7 Å². The fourth-order valence-electron chi connectivity index (χ4n) is 3.30. The van der Waals surface area contributed by atoms with Crippen LogP contribution in [0, 0.1) is 0 Å². The van der Waals surface area contributed by atoms with Gasteiger partial charge in [-0.15, -0.1) is 0 Å². The van der Waals surface area contributed by atoms with E-state index >= 15 is 0 Å². The molecular formula is C21H34N2O. The number of hydrogen-bond donors (Lipinski definition) is 3. The second kappa shape index (κ2) is 6.53. The van der Waals surface area contributed by atoms with Crippen molar-refractivity contribution in [2.75, 3.05) is 0 Å². The van der Waals surface area contributed by atoms with Gasteiger partial charge in [0.05, 0.1) is 0 Å². The van der Waals surface area contributed by atoms with Crippen molar-refractivity contribution in [1.29, 1.82) is 0 Å². The van der Waals surface area contributed by atoms with Crippen LogP contribution in [-0.4, -0.2) is 17.2 Å². The van der Waals surface area contributed by atoms with E-state index in [1.54, 1.807) is 0 Å². The molecule has 5 N–H and O–H groups in total. The summed E-state index contributed by atoms with van der Waals surface area (Å²) in [6, 6.07) is 4.14. The number of phenols is 1. The average molecular weight is 331 g/mol. The first-order valence-electron chi connectivity index (χ1n) is 9.01. The fourth-order valence-corrected chi connectivity index (χ4v) is 3.30. The molecule has 1 aromatic rings. The molecule has 1 aromatic carbocycles. The van der Waals surface area contributed by atoms with E-state index < -0.39 is 0 Å². The van der Waals surface area contributed by atoms with Crippen LogP contribution < -0.4 is 11.5 Å². The van der Waals surface area contributed by atoms with Gasteiger partial charge in [0.1, 0.15) is 5.75 Å². The molecule has 1 fully saturated rings. The first-order valence-corrected chi connectivity index (χ1v) is 9.01. The summed E-state index contributed by atoms with van der Waals surface area (Å²) in [4.78, 5) is 0. The predicted molar refractivity (Wildman–Crippen MR) is 103 cm³/mol. The van der Waals surface area contributed by atoms with Crippen molar-refractivity contribution in [3.05, 3.63) is 34.4 Å². The van der Waals surface area contributed by atoms with E-state index in [2.05, 4.69) is 59.8 Å². The molecule has 0 radical (unpaired) electrons. The molecule has 0 aromatic heterocycles. The summed E-state index contributed by atoms with van der Waals surface area (Å²) in [7, 11) is 0. The summed E-state index contributed by atoms with van der Waals surface area (Å²) in [5.41, 5.74) is 16.5. The van der Waals surface area contributed by atoms with E-state index in [1.165, 1.54) is 5.56 Å². The minimum Gasteiger partial charge on any atom is -0.507 e. The van der Waals surface area contributed by atoms with Crippen LogP contribution in [0.5, 0.6) is 5.75 Å². The van der Waals surface area contributed by atoms with Gasteiger partial charge < -0.3 is 16.6 Å². The number of aromatic hydroxyl groups is 1. The summed E-state index contributed by atoms with van der Waals surface area (Å²) in [5, 5.41) is 10.9. The Balaban J connectivity index is 2.60. The highest BCUT2D eigenvalue weighted by Crippen LogP contribution is 2.39. The Hall–Kier alpha value is -1.32. The number of phenolic OH excluding ortho intramolecular Hbond substituents is 1. The third-order valence-electron chi connectivity index (χ3n) is 5.05. The van der Waals surface area contributed by atoms with E-state index in [0.717, 1.165) is 36.0 Å². The molecule has 0 saturated heterocycles. The highest BCUT2D eigenvalue weighted by molar-refractivity contribution is 5.65. The van der Waals surface area contributed by atoms with E-state index in [1.807, 2.05) is 0 Å². The van der Waals surface area contributed by atoms with Crippen molar-refractivity contribution in [1.82, 2.24) is 0 Å². The summed E-state index contributed by atoms with van der Waals surface area (Å²) >= 11 is 0. The molecule has 3 nitrogen and oxygen atoms in total. The fraction of sp³-hybridized carbons (Fsp3) is 0.619.